The summed E-state index contributed by atoms with van der Waals surface area (Å²) in [5, 5.41) is 4.29. The molecule has 3 rings (SSSR count). The zero-order chi connectivity index (χ0) is 11.3. The minimum atomic E-state index is -0.552. The van der Waals surface area contributed by atoms with Crippen molar-refractivity contribution in [2.24, 2.45) is 15.7 Å². The molecule has 1 aromatic rings. The van der Waals surface area contributed by atoms with Crippen molar-refractivity contribution in [1.29, 1.82) is 0 Å². The fourth-order valence-electron chi connectivity index (χ4n) is 1.88. The van der Waals surface area contributed by atoms with Crippen LogP contribution in [-0.4, -0.2) is 18.0 Å². The normalized spacial score (nSPS) is 21.8. The topological polar surface area (TPSA) is 79.8 Å². The van der Waals surface area contributed by atoms with Crippen molar-refractivity contribution in [3.05, 3.63) is 33.8 Å². The van der Waals surface area contributed by atoms with Gasteiger partial charge in [0, 0.05) is 5.22 Å². The van der Waals surface area contributed by atoms with Crippen LogP contribution in [-0.2, 0) is 4.79 Å². The van der Waals surface area contributed by atoms with E-state index in [1.165, 1.54) is 0 Å². The van der Waals surface area contributed by atoms with Crippen LogP contribution in [0.15, 0.2) is 28.2 Å². The number of amides is 1. The number of hydrogen-bond acceptors (Lipinski definition) is 4. The Labute approximate surface area is 95.3 Å². The van der Waals surface area contributed by atoms with Crippen molar-refractivity contribution >= 4 is 29.0 Å². The van der Waals surface area contributed by atoms with Crippen LogP contribution in [0.5, 0.6) is 0 Å². The summed E-state index contributed by atoms with van der Waals surface area (Å²) >= 11 is 6.05. The Hall–Kier alpha value is -1.88. The number of benzene rings is 1. The molecule has 0 aliphatic carbocycles. The molecular weight excluding hydrogens is 228 g/mol. The standard InChI is InChI=1S/C10H7ClN4O/c11-4-2-1-3-5-6(4)7-8(13-5)14-10(12)15-9(7)16/h1-3,8H,(H3,12,14,15,16). The molecule has 1 aromatic carbocycles. The van der Waals surface area contributed by atoms with Crippen LogP contribution in [0.2, 0.25) is 5.02 Å². The first-order valence-corrected chi connectivity index (χ1v) is 5.06. The molecule has 0 saturated carbocycles. The number of nitrogens with two attached hydrogens (primary N) is 1. The van der Waals surface area contributed by atoms with Crippen LogP contribution in [0.1, 0.15) is 0 Å². The van der Waals surface area contributed by atoms with Crippen molar-refractivity contribution < 1.29 is 4.79 Å². The average molecular weight is 235 g/mol. The second kappa shape index (κ2) is 3.05. The molecule has 2 aliphatic heterocycles. The van der Waals surface area contributed by atoms with E-state index in [1.807, 2.05) is 0 Å². The van der Waals surface area contributed by atoms with Gasteiger partial charge in [-0.3, -0.25) is 15.1 Å². The number of carbonyl (C=O) groups excluding carboxylic acids is 1. The maximum absolute atomic E-state index is 11.8. The number of guanidine groups is 1. The third-order valence-corrected chi connectivity index (χ3v) is 2.84. The van der Waals surface area contributed by atoms with E-state index < -0.39 is 6.17 Å². The van der Waals surface area contributed by atoms with Gasteiger partial charge >= 0.3 is 0 Å². The maximum Gasteiger partial charge on any atom is 0.258 e. The zero-order valence-electron chi connectivity index (χ0n) is 8.07. The highest BCUT2D eigenvalue weighted by molar-refractivity contribution is 6.32. The molecule has 2 heterocycles. The largest absolute Gasteiger partial charge is 0.370 e. The van der Waals surface area contributed by atoms with Gasteiger partial charge in [-0.1, -0.05) is 17.7 Å². The Morgan fingerprint density at radius 2 is 2.19 bits per heavy atom. The maximum atomic E-state index is 11.8. The summed E-state index contributed by atoms with van der Waals surface area (Å²) in [6, 6.07) is 5.30. The Morgan fingerprint density at radius 1 is 1.38 bits per heavy atom. The van der Waals surface area contributed by atoms with Crippen molar-refractivity contribution in [2.45, 2.75) is 6.17 Å². The van der Waals surface area contributed by atoms with E-state index in [0.29, 0.717) is 21.2 Å². The van der Waals surface area contributed by atoms with Crippen LogP contribution in [0.4, 0.5) is 0 Å². The molecule has 2 aliphatic rings. The highest BCUT2D eigenvalue weighted by atomic mass is 35.5. The van der Waals surface area contributed by atoms with Crippen molar-refractivity contribution in [3.8, 4) is 0 Å². The van der Waals surface area contributed by atoms with Crippen molar-refractivity contribution in [2.75, 3.05) is 0 Å². The molecule has 0 spiro atoms. The fourth-order valence-corrected chi connectivity index (χ4v) is 2.16. The highest BCUT2D eigenvalue weighted by Crippen LogP contribution is 2.16. The van der Waals surface area contributed by atoms with Crippen LogP contribution in [0, 0.1) is 0 Å². The second-order valence-corrected chi connectivity index (χ2v) is 3.93. The van der Waals surface area contributed by atoms with E-state index >= 15 is 0 Å². The molecule has 0 bridgehead atoms. The van der Waals surface area contributed by atoms with Crippen LogP contribution >= 0.6 is 11.6 Å². The minimum absolute atomic E-state index is 0.0893. The van der Waals surface area contributed by atoms with Gasteiger partial charge in [0.2, 0.25) is 0 Å². The lowest BCUT2D eigenvalue weighted by Crippen LogP contribution is -2.45. The van der Waals surface area contributed by atoms with Gasteiger partial charge in [-0.2, -0.15) is 0 Å². The first-order valence-electron chi connectivity index (χ1n) is 4.68. The predicted octanol–water partition coefficient (Wildman–Crippen LogP) is -1.11. The number of rotatable bonds is 0. The Bertz CT molecular complexity index is 649. The van der Waals surface area contributed by atoms with Gasteiger partial charge in [0.25, 0.3) is 5.91 Å². The summed E-state index contributed by atoms with van der Waals surface area (Å²) in [6.45, 7) is 0. The first kappa shape index (κ1) is 9.35. The monoisotopic (exact) mass is 234 g/mol. The third kappa shape index (κ3) is 1.15. The SMILES string of the molecule is NC1=NC2N=c3cccc(Cl)c3=C2C(=O)N1. The lowest BCUT2D eigenvalue weighted by Gasteiger charge is -2.15. The lowest BCUT2D eigenvalue weighted by molar-refractivity contribution is -0.114. The summed E-state index contributed by atoms with van der Waals surface area (Å²) in [5.41, 5.74) is 5.93. The molecule has 1 amide bonds. The summed E-state index contributed by atoms with van der Waals surface area (Å²) < 4.78 is 0. The number of aliphatic imine (C=N–C) groups is 1. The van der Waals surface area contributed by atoms with E-state index in [1.54, 1.807) is 18.2 Å². The summed E-state index contributed by atoms with van der Waals surface area (Å²) in [7, 11) is 0. The van der Waals surface area contributed by atoms with E-state index in [4.69, 9.17) is 17.3 Å². The molecule has 0 fully saturated rings. The summed E-state index contributed by atoms with van der Waals surface area (Å²) in [5.74, 6) is -0.195. The number of carbonyl (C=O) groups is 1. The lowest BCUT2D eigenvalue weighted by atomic mass is 10.1. The van der Waals surface area contributed by atoms with Crippen molar-refractivity contribution in [3.63, 3.8) is 0 Å². The minimum Gasteiger partial charge on any atom is -0.370 e. The van der Waals surface area contributed by atoms with Crippen molar-refractivity contribution in [1.82, 2.24) is 5.32 Å². The van der Waals surface area contributed by atoms with Gasteiger partial charge in [0.05, 0.1) is 16.0 Å². The quantitative estimate of drug-likeness (QED) is 0.597. The van der Waals surface area contributed by atoms with Crippen LogP contribution < -0.4 is 21.6 Å². The fraction of sp³-hybridized carbons (Fsp3) is 0.100. The van der Waals surface area contributed by atoms with Crippen LogP contribution in [0.3, 0.4) is 0 Å². The van der Waals surface area contributed by atoms with Gasteiger partial charge in [0.15, 0.2) is 12.1 Å². The molecule has 0 radical (unpaired) electrons. The Balaban J connectivity index is 2.42. The summed E-state index contributed by atoms with van der Waals surface area (Å²) in [4.78, 5) is 20.1. The predicted molar refractivity (Wildman–Crippen MR) is 59.2 cm³/mol. The van der Waals surface area contributed by atoms with Crippen LogP contribution in [0.25, 0.3) is 5.57 Å². The number of fused-ring (bicyclic) bond motifs is 2. The molecule has 80 valence electrons. The molecule has 1 atom stereocenters. The first-order chi connectivity index (χ1) is 7.66. The zero-order valence-corrected chi connectivity index (χ0v) is 8.82. The Kier molecular flexibility index (Phi) is 1.79. The van der Waals surface area contributed by atoms with Gasteiger partial charge in [-0.25, -0.2) is 4.99 Å². The number of nitrogens with zero attached hydrogens (tertiary/aromatic N) is 2. The van der Waals surface area contributed by atoms with Gasteiger partial charge < -0.3 is 5.73 Å². The van der Waals surface area contributed by atoms with Gasteiger partial charge in [0.1, 0.15) is 0 Å². The van der Waals surface area contributed by atoms with Gasteiger partial charge in [-0.15, -0.1) is 0 Å². The number of hydrogen-bond donors (Lipinski definition) is 2. The molecule has 0 aromatic heterocycles. The molecule has 5 nitrogen and oxygen atoms in total. The summed E-state index contributed by atoms with van der Waals surface area (Å²) in [6.07, 6.45) is -0.552. The molecular formula is C10H7ClN4O. The smallest absolute Gasteiger partial charge is 0.258 e. The van der Waals surface area contributed by atoms with E-state index in [0.717, 1.165) is 0 Å². The highest BCUT2D eigenvalue weighted by Gasteiger charge is 2.30. The van der Waals surface area contributed by atoms with E-state index in [-0.39, 0.29) is 11.9 Å². The average Bonchev–Trinajstić information content (AvgIpc) is 2.56. The molecule has 3 N–H and O–H groups in total. The Morgan fingerprint density at radius 3 is 3.00 bits per heavy atom. The van der Waals surface area contributed by atoms with E-state index in [9.17, 15) is 4.79 Å². The second-order valence-electron chi connectivity index (χ2n) is 3.52. The molecule has 1 unspecified atom stereocenters. The third-order valence-electron chi connectivity index (χ3n) is 2.53. The molecule has 6 heteroatoms. The molecule has 0 saturated heterocycles. The molecule has 16 heavy (non-hydrogen) atoms. The number of halogens is 1. The van der Waals surface area contributed by atoms with Gasteiger partial charge in [-0.05, 0) is 12.1 Å². The number of nitrogens with one attached hydrogen (secondary N) is 1. The van der Waals surface area contributed by atoms with E-state index in [2.05, 4.69) is 15.3 Å².